The number of pyridine rings is 2. The van der Waals surface area contributed by atoms with Gasteiger partial charge in [0.05, 0.1) is 12.2 Å². The summed E-state index contributed by atoms with van der Waals surface area (Å²) < 4.78 is 5.46. The maximum Gasteiger partial charge on any atom is 0.238 e. The van der Waals surface area contributed by atoms with Gasteiger partial charge in [0.2, 0.25) is 5.88 Å². The lowest BCUT2D eigenvalue weighted by Gasteiger charge is -2.07. The van der Waals surface area contributed by atoms with E-state index >= 15 is 0 Å². The summed E-state index contributed by atoms with van der Waals surface area (Å²) in [6.45, 7) is 0.420. The van der Waals surface area contributed by atoms with Gasteiger partial charge >= 0.3 is 0 Å². The molecule has 0 saturated heterocycles. The highest BCUT2D eigenvalue weighted by molar-refractivity contribution is 5.59. The lowest BCUT2D eigenvalue weighted by molar-refractivity contribution is 0.310. The number of hydrogen-bond acceptors (Lipinski definition) is 5. The number of aromatic nitrogens is 2. The Hall–Kier alpha value is -2.61. The zero-order chi connectivity index (χ0) is 12.8. The molecule has 0 radical (unpaired) electrons. The lowest BCUT2D eigenvalue weighted by atomic mass is 10.2. The molecule has 2 N–H and O–H groups in total. The van der Waals surface area contributed by atoms with Crippen molar-refractivity contribution in [1.29, 1.82) is 5.26 Å². The van der Waals surface area contributed by atoms with Crippen LogP contribution in [0.5, 0.6) is 5.88 Å². The van der Waals surface area contributed by atoms with E-state index in [4.69, 9.17) is 15.7 Å². The van der Waals surface area contributed by atoms with Crippen LogP contribution in [0.3, 0.4) is 0 Å². The minimum Gasteiger partial charge on any atom is -0.476 e. The smallest absolute Gasteiger partial charge is 0.238 e. The molecule has 0 aliphatic carbocycles. The van der Waals surface area contributed by atoms with Gasteiger partial charge in [0, 0.05) is 24.5 Å². The molecule has 0 aromatic carbocycles. The van der Waals surface area contributed by atoms with Crippen LogP contribution in [0, 0.1) is 11.3 Å². The number of rotatable bonds is 4. The average Bonchev–Trinajstić information content (AvgIpc) is 2.42. The molecular weight excluding hydrogens is 228 g/mol. The number of nitrogens with two attached hydrogens (primary N) is 1. The van der Waals surface area contributed by atoms with E-state index in [0.717, 1.165) is 5.69 Å². The highest BCUT2D eigenvalue weighted by Gasteiger charge is 2.06. The summed E-state index contributed by atoms with van der Waals surface area (Å²) in [5.74, 6) is 0.296. The monoisotopic (exact) mass is 240 g/mol. The lowest BCUT2D eigenvalue weighted by Crippen LogP contribution is -2.06. The second-order valence-corrected chi connectivity index (χ2v) is 3.61. The van der Waals surface area contributed by atoms with E-state index in [9.17, 15) is 0 Å². The fraction of sp³-hybridized carbons (Fsp3) is 0.154. The van der Waals surface area contributed by atoms with Crippen molar-refractivity contribution < 1.29 is 4.74 Å². The van der Waals surface area contributed by atoms with E-state index in [0.29, 0.717) is 24.5 Å². The molecule has 0 amide bonds. The third-order valence-corrected chi connectivity index (χ3v) is 2.40. The fourth-order valence-electron chi connectivity index (χ4n) is 1.46. The Labute approximate surface area is 105 Å². The molecule has 0 unspecified atom stereocenters. The van der Waals surface area contributed by atoms with Crippen LogP contribution in [0.4, 0.5) is 5.69 Å². The summed E-state index contributed by atoms with van der Waals surface area (Å²) in [5.41, 5.74) is 7.34. The molecule has 90 valence electrons. The maximum atomic E-state index is 8.82. The van der Waals surface area contributed by atoms with Gasteiger partial charge in [-0.25, -0.2) is 4.98 Å². The Bertz CT molecular complexity index is 563. The van der Waals surface area contributed by atoms with Gasteiger partial charge in [-0.3, -0.25) is 4.98 Å². The Kier molecular flexibility index (Phi) is 3.72. The molecule has 2 rings (SSSR count). The molecule has 2 aromatic rings. The molecule has 0 bridgehead atoms. The van der Waals surface area contributed by atoms with E-state index in [-0.39, 0.29) is 5.69 Å². The van der Waals surface area contributed by atoms with E-state index in [2.05, 4.69) is 9.97 Å². The summed E-state index contributed by atoms with van der Waals surface area (Å²) in [7, 11) is 0. The number of hydrogen-bond donors (Lipinski definition) is 1. The normalized spacial score (nSPS) is 9.72. The first-order valence-corrected chi connectivity index (χ1v) is 5.48. The van der Waals surface area contributed by atoms with Crippen molar-refractivity contribution in [2.75, 3.05) is 12.3 Å². The first kappa shape index (κ1) is 11.9. The largest absolute Gasteiger partial charge is 0.476 e. The van der Waals surface area contributed by atoms with Gasteiger partial charge < -0.3 is 10.5 Å². The van der Waals surface area contributed by atoms with Crippen LogP contribution >= 0.6 is 0 Å². The predicted octanol–water partition coefficient (Wildman–Crippen LogP) is 1.55. The Morgan fingerprint density at radius 3 is 2.83 bits per heavy atom. The van der Waals surface area contributed by atoms with Gasteiger partial charge in [0.25, 0.3) is 0 Å². The number of anilines is 1. The summed E-state index contributed by atoms with van der Waals surface area (Å²) in [5, 5.41) is 8.82. The molecular formula is C13H12N4O. The summed E-state index contributed by atoms with van der Waals surface area (Å²) >= 11 is 0. The molecule has 0 fully saturated rings. The molecule has 2 heterocycles. The fourth-order valence-corrected chi connectivity index (χ4v) is 1.46. The molecule has 0 saturated carbocycles. The van der Waals surface area contributed by atoms with Gasteiger partial charge in [-0.2, -0.15) is 5.26 Å². The van der Waals surface area contributed by atoms with E-state index in [1.165, 1.54) is 6.20 Å². The SMILES string of the molecule is N#Cc1ccnc(OCCc2ccccn2)c1N. The molecule has 2 aromatic heterocycles. The standard InChI is InChI=1S/C13H12N4O/c14-9-10-4-7-17-13(12(10)15)18-8-5-11-3-1-2-6-16-11/h1-4,6-7H,5,8,15H2. The molecule has 0 aliphatic heterocycles. The Balaban J connectivity index is 1.97. The zero-order valence-electron chi connectivity index (χ0n) is 9.71. The van der Waals surface area contributed by atoms with Crippen molar-refractivity contribution in [3.8, 4) is 11.9 Å². The third-order valence-electron chi connectivity index (χ3n) is 2.40. The maximum absolute atomic E-state index is 8.82. The van der Waals surface area contributed by atoms with Crippen molar-refractivity contribution in [2.45, 2.75) is 6.42 Å². The van der Waals surface area contributed by atoms with E-state index < -0.39 is 0 Å². The number of ether oxygens (including phenoxy) is 1. The Morgan fingerprint density at radius 1 is 1.22 bits per heavy atom. The number of nitrogens with zero attached hydrogens (tertiary/aromatic N) is 3. The summed E-state index contributed by atoms with van der Waals surface area (Å²) in [6.07, 6.45) is 3.90. The minimum absolute atomic E-state index is 0.279. The third kappa shape index (κ3) is 2.74. The van der Waals surface area contributed by atoms with Gasteiger partial charge in [0.1, 0.15) is 11.8 Å². The van der Waals surface area contributed by atoms with Crippen LogP contribution in [0.15, 0.2) is 36.7 Å². The molecule has 0 atom stereocenters. The highest BCUT2D eigenvalue weighted by atomic mass is 16.5. The first-order chi connectivity index (χ1) is 8.81. The topological polar surface area (TPSA) is 84.8 Å². The second-order valence-electron chi connectivity index (χ2n) is 3.61. The minimum atomic E-state index is 0.279. The van der Waals surface area contributed by atoms with Crippen LogP contribution in [0.25, 0.3) is 0 Å². The molecule has 5 heteroatoms. The van der Waals surface area contributed by atoms with Crippen LogP contribution in [0.2, 0.25) is 0 Å². The Morgan fingerprint density at radius 2 is 2.11 bits per heavy atom. The number of nitriles is 1. The zero-order valence-corrected chi connectivity index (χ0v) is 9.71. The van der Waals surface area contributed by atoms with Crippen molar-refractivity contribution >= 4 is 5.69 Å². The number of nitrogen functional groups attached to an aromatic ring is 1. The van der Waals surface area contributed by atoms with E-state index in [1.807, 2.05) is 24.3 Å². The molecule has 18 heavy (non-hydrogen) atoms. The quantitative estimate of drug-likeness (QED) is 0.876. The van der Waals surface area contributed by atoms with Crippen molar-refractivity contribution in [2.24, 2.45) is 0 Å². The van der Waals surface area contributed by atoms with Crippen molar-refractivity contribution in [3.63, 3.8) is 0 Å². The van der Waals surface area contributed by atoms with Crippen LogP contribution < -0.4 is 10.5 Å². The molecule has 0 aliphatic rings. The average molecular weight is 240 g/mol. The summed E-state index contributed by atoms with van der Waals surface area (Å²) in [4.78, 5) is 8.18. The van der Waals surface area contributed by atoms with E-state index in [1.54, 1.807) is 12.3 Å². The molecule has 5 nitrogen and oxygen atoms in total. The molecule has 0 spiro atoms. The highest BCUT2D eigenvalue weighted by Crippen LogP contribution is 2.21. The van der Waals surface area contributed by atoms with Crippen LogP contribution in [-0.4, -0.2) is 16.6 Å². The van der Waals surface area contributed by atoms with Crippen LogP contribution in [0.1, 0.15) is 11.3 Å². The van der Waals surface area contributed by atoms with Crippen LogP contribution in [-0.2, 0) is 6.42 Å². The van der Waals surface area contributed by atoms with Gasteiger partial charge in [0.15, 0.2) is 0 Å². The summed E-state index contributed by atoms with van der Waals surface area (Å²) in [6, 6.07) is 9.25. The first-order valence-electron chi connectivity index (χ1n) is 5.48. The van der Waals surface area contributed by atoms with Gasteiger partial charge in [-0.1, -0.05) is 6.07 Å². The van der Waals surface area contributed by atoms with Gasteiger partial charge in [-0.05, 0) is 18.2 Å². The van der Waals surface area contributed by atoms with Crippen molar-refractivity contribution in [1.82, 2.24) is 9.97 Å². The predicted molar refractivity (Wildman–Crippen MR) is 66.8 cm³/mol. The second kappa shape index (κ2) is 5.64. The van der Waals surface area contributed by atoms with Crippen molar-refractivity contribution in [3.05, 3.63) is 47.9 Å². The van der Waals surface area contributed by atoms with Gasteiger partial charge in [-0.15, -0.1) is 0 Å².